The summed E-state index contributed by atoms with van der Waals surface area (Å²) in [6.45, 7) is 5.87. The number of benzene rings is 1. The third-order valence-electron chi connectivity index (χ3n) is 10.7. The van der Waals surface area contributed by atoms with E-state index in [0.29, 0.717) is 73.7 Å². The number of alkyl halides is 3. The first-order chi connectivity index (χ1) is 25.2. The lowest BCUT2D eigenvalue weighted by atomic mass is 9.90. The summed E-state index contributed by atoms with van der Waals surface area (Å²) in [6.07, 6.45) is -3.09. The van der Waals surface area contributed by atoms with E-state index < -0.39 is 46.0 Å². The van der Waals surface area contributed by atoms with Gasteiger partial charge in [-0.2, -0.15) is 28.2 Å². The Morgan fingerprint density at radius 3 is 2.72 bits per heavy atom. The predicted octanol–water partition coefficient (Wildman–Crippen LogP) is 5.49. The first kappa shape index (κ1) is 36.6. The summed E-state index contributed by atoms with van der Waals surface area (Å²) < 4.78 is 87.5. The maximum absolute atomic E-state index is 15.7. The van der Waals surface area contributed by atoms with Crippen molar-refractivity contribution in [3.63, 3.8) is 0 Å². The van der Waals surface area contributed by atoms with E-state index in [9.17, 15) is 22.4 Å². The molecule has 2 N–H and O–H groups in total. The number of hydrogen-bond donors (Lipinski definition) is 1. The molecule has 7 rings (SSSR count). The molecule has 3 aromatic rings. The fourth-order valence-electron chi connectivity index (χ4n) is 8.17. The van der Waals surface area contributed by atoms with Crippen molar-refractivity contribution in [2.45, 2.75) is 83.5 Å². The van der Waals surface area contributed by atoms with E-state index in [0.717, 1.165) is 36.7 Å². The van der Waals surface area contributed by atoms with Gasteiger partial charge in [-0.15, -0.1) is 5.92 Å². The SMILES string of the molecule is CC#Cc1cc(N)c(F)c([C@H]2Cc3nc(OC[C@@]45CCCN4C/C(=C/F)C5)nc(N4CCCn5nc(C(=O)N(C)C)c(C)c5C4)c3CO2)c1C(F)(F)F. The maximum Gasteiger partial charge on any atom is 0.418 e. The van der Waals surface area contributed by atoms with Gasteiger partial charge in [0.1, 0.15) is 12.4 Å². The molecule has 2 atom stereocenters. The highest BCUT2D eigenvalue weighted by molar-refractivity contribution is 5.93. The fraction of sp³-hybridized carbons (Fsp3) is 0.514. The summed E-state index contributed by atoms with van der Waals surface area (Å²) in [5, 5.41) is 4.62. The third-order valence-corrected chi connectivity index (χ3v) is 10.7. The van der Waals surface area contributed by atoms with Crippen LogP contribution in [0.1, 0.15) is 88.4 Å². The highest BCUT2D eigenvalue weighted by Crippen LogP contribution is 2.45. The molecule has 16 heteroatoms. The zero-order valence-electron chi connectivity index (χ0n) is 30.0. The predicted molar refractivity (Wildman–Crippen MR) is 185 cm³/mol. The zero-order chi connectivity index (χ0) is 37.8. The minimum absolute atomic E-state index is 0.00196. The Labute approximate surface area is 303 Å². The summed E-state index contributed by atoms with van der Waals surface area (Å²) >= 11 is 0. The smallest absolute Gasteiger partial charge is 0.418 e. The molecule has 1 amide bonds. The van der Waals surface area contributed by atoms with E-state index in [1.165, 1.54) is 11.8 Å². The quantitative estimate of drug-likeness (QED) is 0.199. The molecule has 0 saturated carbocycles. The molecule has 2 saturated heterocycles. The first-order valence-electron chi connectivity index (χ1n) is 17.6. The van der Waals surface area contributed by atoms with Crippen LogP contribution in [0.4, 0.5) is 33.5 Å². The second kappa shape index (κ2) is 13.9. The van der Waals surface area contributed by atoms with Crippen molar-refractivity contribution >= 4 is 17.4 Å². The number of anilines is 2. The average Bonchev–Trinajstić information content (AvgIpc) is 3.71. The largest absolute Gasteiger partial charge is 0.461 e. The Balaban J connectivity index is 1.30. The van der Waals surface area contributed by atoms with Gasteiger partial charge in [0.05, 0.1) is 53.8 Å². The number of ether oxygens (including phenoxy) is 2. The number of rotatable bonds is 6. The molecule has 4 aliphatic rings. The number of hydrogen-bond acceptors (Lipinski definition) is 9. The first-order valence-corrected chi connectivity index (χ1v) is 17.6. The number of aromatic nitrogens is 4. The van der Waals surface area contributed by atoms with Crippen LogP contribution in [0.2, 0.25) is 0 Å². The van der Waals surface area contributed by atoms with Crippen molar-refractivity contribution in [1.29, 1.82) is 0 Å². The number of amides is 1. The lowest BCUT2D eigenvalue weighted by Crippen LogP contribution is -2.43. The second-order valence-electron chi connectivity index (χ2n) is 14.3. The number of nitrogens with zero attached hydrogens (tertiary/aromatic N) is 7. The third kappa shape index (κ3) is 6.58. The van der Waals surface area contributed by atoms with Crippen molar-refractivity contribution in [3.8, 4) is 17.9 Å². The Morgan fingerprint density at radius 2 is 2.00 bits per heavy atom. The standard InChI is InChI=1S/C37H41F5N8O3/c1-5-8-23-13-25(43)31(39)29(30(23)37(40,41)42)28-14-26-24(19-52-28)33(45-35(44-26)53-20-36-9-6-11-49(36)17-22(15-36)16-38)48-10-7-12-50-27(18-48)21(2)32(46-50)34(51)47(3)4/h13,16,28H,6-7,9-12,14-15,17-20,43H2,1-4H3/b22-16+/t28-,36+/m1/s1. The van der Waals surface area contributed by atoms with Gasteiger partial charge in [-0.25, -0.2) is 8.78 Å². The van der Waals surface area contributed by atoms with Gasteiger partial charge in [-0.1, -0.05) is 5.92 Å². The maximum atomic E-state index is 15.7. The molecule has 0 aliphatic carbocycles. The molecular formula is C37H41F5N8O3. The van der Waals surface area contributed by atoms with Gasteiger partial charge in [0, 0.05) is 62.4 Å². The zero-order valence-corrected chi connectivity index (χ0v) is 30.0. The highest BCUT2D eigenvalue weighted by Gasteiger charge is 2.48. The van der Waals surface area contributed by atoms with Crippen LogP contribution in [0, 0.1) is 24.6 Å². The van der Waals surface area contributed by atoms with E-state index >= 15 is 4.39 Å². The van der Waals surface area contributed by atoms with Gasteiger partial charge in [0.25, 0.3) is 5.91 Å². The summed E-state index contributed by atoms with van der Waals surface area (Å²) in [5.74, 6) is 3.90. The van der Waals surface area contributed by atoms with Gasteiger partial charge < -0.3 is 25.0 Å². The number of carbonyl (C=O) groups is 1. The summed E-state index contributed by atoms with van der Waals surface area (Å²) in [7, 11) is 3.33. The Bertz CT molecular complexity index is 2050. The lowest BCUT2D eigenvalue weighted by molar-refractivity contribution is -0.140. The van der Waals surface area contributed by atoms with Crippen LogP contribution in [0.5, 0.6) is 6.01 Å². The molecule has 282 valence electrons. The van der Waals surface area contributed by atoms with Crippen LogP contribution in [0.25, 0.3) is 0 Å². The average molecular weight is 741 g/mol. The van der Waals surface area contributed by atoms with E-state index in [-0.39, 0.29) is 31.6 Å². The highest BCUT2D eigenvalue weighted by atomic mass is 19.4. The van der Waals surface area contributed by atoms with Crippen molar-refractivity contribution in [2.75, 3.05) is 51.0 Å². The normalized spacial score (nSPS) is 22.2. The number of nitrogens with two attached hydrogens (primary N) is 1. The lowest BCUT2D eigenvalue weighted by Gasteiger charge is -2.33. The van der Waals surface area contributed by atoms with Crippen LogP contribution in [-0.2, 0) is 37.0 Å². The van der Waals surface area contributed by atoms with E-state index in [1.54, 1.807) is 14.1 Å². The minimum Gasteiger partial charge on any atom is -0.461 e. The van der Waals surface area contributed by atoms with Gasteiger partial charge in [0.15, 0.2) is 11.5 Å². The van der Waals surface area contributed by atoms with Crippen molar-refractivity contribution < 1.29 is 36.2 Å². The van der Waals surface area contributed by atoms with Crippen molar-refractivity contribution in [3.05, 3.63) is 68.7 Å². The molecule has 53 heavy (non-hydrogen) atoms. The van der Waals surface area contributed by atoms with Crippen LogP contribution in [-0.4, -0.2) is 81.3 Å². The molecule has 11 nitrogen and oxygen atoms in total. The van der Waals surface area contributed by atoms with Crippen LogP contribution in [0.3, 0.4) is 0 Å². The van der Waals surface area contributed by atoms with E-state index in [2.05, 4.69) is 21.8 Å². The van der Waals surface area contributed by atoms with Crippen molar-refractivity contribution in [1.82, 2.24) is 29.5 Å². The second-order valence-corrected chi connectivity index (χ2v) is 14.3. The molecule has 2 fully saturated rings. The molecule has 4 aliphatic heterocycles. The Hall–Kier alpha value is -4.75. The van der Waals surface area contributed by atoms with Crippen LogP contribution < -0.4 is 15.4 Å². The Morgan fingerprint density at radius 1 is 1.21 bits per heavy atom. The summed E-state index contributed by atoms with van der Waals surface area (Å²) in [5.41, 5.74) is 6.01. The number of carbonyl (C=O) groups excluding carboxylic acids is 1. The van der Waals surface area contributed by atoms with E-state index in [4.69, 9.17) is 25.2 Å². The van der Waals surface area contributed by atoms with Crippen molar-refractivity contribution in [2.24, 2.45) is 0 Å². The van der Waals surface area contributed by atoms with Gasteiger partial charge in [-0.05, 0) is 57.7 Å². The Kier molecular flexibility index (Phi) is 9.60. The van der Waals surface area contributed by atoms with Gasteiger partial charge in [-0.3, -0.25) is 14.4 Å². The van der Waals surface area contributed by atoms with Crippen LogP contribution in [0.15, 0.2) is 18.0 Å². The van der Waals surface area contributed by atoms with E-state index in [1.807, 2.05) is 16.5 Å². The van der Waals surface area contributed by atoms with Gasteiger partial charge in [0.2, 0.25) is 0 Å². The summed E-state index contributed by atoms with van der Waals surface area (Å²) in [6, 6.07) is 0.890. The number of aryl methyl sites for hydroxylation is 1. The molecule has 0 unspecified atom stereocenters. The molecule has 2 aromatic heterocycles. The van der Waals surface area contributed by atoms with Crippen LogP contribution >= 0.6 is 0 Å². The minimum atomic E-state index is -4.96. The molecule has 6 heterocycles. The molecule has 0 radical (unpaired) electrons. The monoisotopic (exact) mass is 740 g/mol. The number of nitrogen functional groups attached to an aromatic ring is 1. The number of fused-ring (bicyclic) bond motifs is 3. The van der Waals surface area contributed by atoms with Gasteiger partial charge >= 0.3 is 12.2 Å². The topological polar surface area (TPSA) is 115 Å². The fourth-order valence-corrected chi connectivity index (χ4v) is 8.17. The molecule has 1 aromatic carbocycles. The molecule has 0 bridgehead atoms. The molecule has 0 spiro atoms. The molecular weight excluding hydrogens is 699 g/mol. The summed E-state index contributed by atoms with van der Waals surface area (Å²) in [4.78, 5) is 28.2. The number of halogens is 5.